The summed E-state index contributed by atoms with van der Waals surface area (Å²) in [6.07, 6.45) is 0. The maximum Gasteiger partial charge on any atom is 0.256 e. The van der Waals surface area contributed by atoms with E-state index in [9.17, 15) is 0 Å². The van der Waals surface area contributed by atoms with Crippen molar-refractivity contribution in [2.75, 3.05) is 34.3 Å². The second-order valence-corrected chi connectivity index (χ2v) is 35.3. The molecule has 0 N–H and O–H groups in total. The lowest BCUT2D eigenvalue weighted by Gasteiger charge is -2.47. The number of para-hydroxylation sites is 12. The lowest BCUT2D eigenvalue weighted by Crippen LogP contribution is -2.65. The van der Waals surface area contributed by atoms with Crippen LogP contribution in [0.2, 0.25) is 0 Å². The second kappa shape index (κ2) is 29.4. The monoisotopic (exact) mass is 1620 g/mol. The summed E-state index contributed by atoms with van der Waals surface area (Å²) in [5.74, 6) is 3.23. The van der Waals surface area contributed by atoms with Gasteiger partial charge >= 0.3 is 0 Å². The second-order valence-electron chi connectivity index (χ2n) is 35.3. The molecule has 126 heavy (non-hydrogen) atoms. The molecule has 0 amide bonds. The molecule has 0 unspecified atom stereocenters. The number of ether oxygens (including phenoxy) is 2. The van der Waals surface area contributed by atoms with Gasteiger partial charge in [0.2, 0.25) is 0 Å². The van der Waals surface area contributed by atoms with E-state index in [2.05, 4.69) is 457 Å². The Kier molecular flexibility index (Phi) is 17.8. The summed E-state index contributed by atoms with van der Waals surface area (Å²) in [6, 6.07) is 127. The molecular formula is C114H92B3N7O2. The molecule has 17 aromatic carbocycles. The molecule has 0 aromatic heterocycles. The minimum atomic E-state index is -0.407. The van der Waals surface area contributed by atoms with Crippen LogP contribution >= 0.6 is 0 Å². The zero-order chi connectivity index (χ0) is 85.3. The molecule has 6 aliphatic rings. The van der Waals surface area contributed by atoms with Crippen molar-refractivity contribution in [3.8, 4) is 23.0 Å². The minimum Gasteiger partial charge on any atom is -0.458 e. The molecule has 6 aliphatic heterocycles. The molecule has 23 rings (SSSR count). The normalized spacial score (nSPS) is 13.1. The molecule has 6 heterocycles. The Morgan fingerprint density at radius 1 is 0.183 bits per heavy atom. The highest BCUT2D eigenvalue weighted by Gasteiger charge is 2.51. The van der Waals surface area contributed by atoms with Crippen molar-refractivity contribution in [2.45, 2.75) is 83.1 Å². The lowest BCUT2D eigenvalue weighted by atomic mass is 9.29. The van der Waals surface area contributed by atoms with E-state index in [4.69, 9.17) is 9.47 Å². The van der Waals surface area contributed by atoms with Gasteiger partial charge in [-0.05, 0) is 290 Å². The van der Waals surface area contributed by atoms with E-state index in [0.717, 1.165) is 170 Å². The fourth-order valence-corrected chi connectivity index (χ4v) is 22.2. The van der Waals surface area contributed by atoms with Crippen LogP contribution < -0.4 is 92.9 Å². The molecule has 9 nitrogen and oxygen atoms in total. The molecule has 604 valence electrons. The van der Waals surface area contributed by atoms with Crippen LogP contribution in [0.15, 0.2) is 340 Å². The van der Waals surface area contributed by atoms with Gasteiger partial charge in [-0.25, -0.2) is 0 Å². The van der Waals surface area contributed by atoms with Crippen LogP contribution in [0.3, 0.4) is 0 Å². The summed E-state index contributed by atoms with van der Waals surface area (Å²) in [4.78, 5) is 17.9. The van der Waals surface area contributed by atoms with Crippen molar-refractivity contribution < 1.29 is 9.47 Å². The maximum absolute atomic E-state index is 8.25. The first-order chi connectivity index (χ1) is 61.5. The van der Waals surface area contributed by atoms with Gasteiger partial charge in [0, 0.05) is 86.4 Å². The van der Waals surface area contributed by atoms with Crippen molar-refractivity contribution >= 4 is 189 Å². The summed E-state index contributed by atoms with van der Waals surface area (Å²) >= 11 is 0. The summed E-state index contributed by atoms with van der Waals surface area (Å²) < 4.78 is 15.8. The van der Waals surface area contributed by atoms with Crippen LogP contribution in [0.25, 0.3) is 0 Å². The van der Waals surface area contributed by atoms with Gasteiger partial charge in [-0.3, -0.25) is 0 Å². The smallest absolute Gasteiger partial charge is 0.256 e. The highest BCUT2D eigenvalue weighted by Crippen LogP contribution is 2.56. The zero-order valence-electron chi connectivity index (χ0n) is 73.0. The van der Waals surface area contributed by atoms with Crippen molar-refractivity contribution in [2.24, 2.45) is 0 Å². The maximum atomic E-state index is 8.25. The molecule has 12 heteroatoms. The summed E-state index contributed by atoms with van der Waals surface area (Å²) in [6.45, 7) is 26.1. The fourth-order valence-electron chi connectivity index (χ4n) is 22.2. The van der Waals surface area contributed by atoms with E-state index in [1.165, 1.54) is 88.6 Å². The van der Waals surface area contributed by atoms with E-state index in [0.29, 0.717) is 0 Å². The van der Waals surface area contributed by atoms with Gasteiger partial charge in [-0.15, -0.1) is 0 Å². The third kappa shape index (κ3) is 11.6. The average Bonchev–Trinajstić information content (AvgIpc) is 0.679. The summed E-state index contributed by atoms with van der Waals surface area (Å²) in [5, 5.41) is 0. The molecule has 0 aliphatic carbocycles. The van der Waals surface area contributed by atoms with Gasteiger partial charge in [0.25, 0.3) is 20.1 Å². The van der Waals surface area contributed by atoms with Crippen LogP contribution in [-0.4, -0.2) is 20.1 Å². The Bertz CT molecular complexity index is 7130. The van der Waals surface area contributed by atoms with E-state index in [1.807, 2.05) is 0 Å². The predicted molar refractivity (Wildman–Crippen MR) is 533 cm³/mol. The van der Waals surface area contributed by atoms with Crippen LogP contribution in [0.1, 0.15) is 66.8 Å². The van der Waals surface area contributed by atoms with Gasteiger partial charge in [-0.2, -0.15) is 0 Å². The first kappa shape index (κ1) is 76.1. The highest BCUT2D eigenvalue weighted by atomic mass is 16.5. The molecule has 0 fully saturated rings. The first-order valence-corrected chi connectivity index (χ1v) is 44.1. The van der Waals surface area contributed by atoms with Crippen molar-refractivity contribution in [1.29, 1.82) is 0 Å². The number of benzene rings is 17. The summed E-state index contributed by atoms with van der Waals surface area (Å²) in [5.41, 5.74) is 47.2. The highest BCUT2D eigenvalue weighted by molar-refractivity contribution is 7.04. The van der Waals surface area contributed by atoms with E-state index in [1.54, 1.807) is 0 Å². The number of nitrogens with zero attached hydrogens (tertiary/aromatic N) is 7. The Labute approximate surface area is 740 Å². The third-order valence-electron chi connectivity index (χ3n) is 27.4. The third-order valence-corrected chi connectivity index (χ3v) is 27.4. The molecule has 0 bridgehead atoms. The summed E-state index contributed by atoms with van der Waals surface area (Å²) in [7, 11) is 0. The van der Waals surface area contributed by atoms with Crippen molar-refractivity contribution in [3.05, 3.63) is 406 Å². The minimum absolute atomic E-state index is 0.271. The Morgan fingerprint density at radius 3 is 0.802 bits per heavy atom. The van der Waals surface area contributed by atoms with Gasteiger partial charge in [0.1, 0.15) is 23.0 Å². The average molecular weight is 1620 g/mol. The van der Waals surface area contributed by atoms with E-state index in [-0.39, 0.29) is 13.4 Å². The quantitative estimate of drug-likeness (QED) is 0.105. The molecule has 0 saturated heterocycles. The molecule has 0 radical (unpaired) electrons. The number of hydrogen-bond acceptors (Lipinski definition) is 9. The molecule has 0 spiro atoms. The largest absolute Gasteiger partial charge is 0.458 e. The Balaban J connectivity index is 0.841. The fraction of sp³-hybridized carbons (Fsp3) is 0.105. The van der Waals surface area contributed by atoms with Crippen LogP contribution in [0, 0.1) is 83.1 Å². The van der Waals surface area contributed by atoms with Gasteiger partial charge in [-0.1, -0.05) is 231 Å². The van der Waals surface area contributed by atoms with Crippen molar-refractivity contribution in [1.82, 2.24) is 0 Å². The number of rotatable bonds is 13. The number of anilines is 21. The molecular weight excluding hydrogens is 1530 g/mol. The predicted octanol–water partition coefficient (Wildman–Crippen LogP) is 24.7. The van der Waals surface area contributed by atoms with E-state index < -0.39 is 6.71 Å². The lowest BCUT2D eigenvalue weighted by molar-refractivity contribution is 0.487. The Morgan fingerprint density at radius 2 is 0.444 bits per heavy atom. The van der Waals surface area contributed by atoms with E-state index >= 15 is 0 Å². The molecule has 0 atom stereocenters. The van der Waals surface area contributed by atoms with Gasteiger partial charge < -0.3 is 43.8 Å². The number of hydrogen-bond donors (Lipinski definition) is 0. The Hall–Kier alpha value is -14.9. The topological polar surface area (TPSA) is 41.1 Å². The van der Waals surface area contributed by atoms with Crippen LogP contribution in [0.5, 0.6) is 23.0 Å². The first-order valence-electron chi connectivity index (χ1n) is 44.1. The van der Waals surface area contributed by atoms with Crippen LogP contribution in [0.4, 0.5) is 119 Å². The number of aryl methyl sites for hydroxylation is 12. The zero-order valence-corrected chi connectivity index (χ0v) is 73.0. The SMILES string of the molecule is Cc1cccc(C)c1N(c1cc2c3c(c1)N(c1ccccc1)c1cc4c(cc1B3c1ccccc1O2)B1c2cc3c(cc2N(c2ccccc2)c2cc(N(c5c(C)cccc5C)c5c(C)cccc5C)cc(c21)O4)N(c1ccccc1)c1cc(N(c2c(C)cccc2C)c2c(C)cccc2C)cc2c1B3c1ccccc1N2c1ccccc1)c1c(C)cccc1C. The van der Waals surface area contributed by atoms with Crippen LogP contribution in [-0.2, 0) is 0 Å². The van der Waals surface area contributed by atoms with Gasteiger partial charge in [0.05, 0.1) is 51.2 Å². The standard InChI is InChI=1S/C114H92B3N7O2/c1-69-35-29-36-70(2)109(69)122(110-71(3)37-30-38-72(110)4)85-59-98-106-99(60-85)119(82-49-19-14-20-50-82)95-67-96-91(65-90(95)115(106)88-55-25-27-57-94(88)118(98)81-47-17-13-18-48-81)117-93-66-92-97(68-103(93)126-105-64-87(62-101(108(105)117)120(96)83-51-21-15-22-52-83)124(113-77(9)43-33-44-78(113)10)114-79(11)45-34-46-80(114)12)121(84-53-23-16-24-54-84)100-61-86(63-104-107(100)116(92)89-56-26-28-58-102(89)125-104)123(111-73(5)39-31-40-74(111)6)112-75(7)41-32-42-76(112)8/h13-68H,1-12H3. The van der Waals surface area contributed by atoms with Crippen molar-refractivity contribution in [3.63, 3.8) is 0 Å². The molecule has 17 aromatic rings. The number of fused-ring (bicyclic) bond motifs is 12. The van der Waals surface area contributed by atoms with Gasteiger partial charge in [0.15, 0.2) is 0 Å². The molecule has 0 saturated carbocycles.